The van der Waals surface area contributed by atoms with Crippen molar-refractivity contribution in [2.45, 2.75) is 5.92 Å². The third-order valence-electron chi connectivity index (χ3n) is 5.54. The second kappa shape index (κ2) is 10.0. The third-order valence-corrected chi connectivity index (χ3v) is 6.82. The topological polar surface area (TPSA) is 74.2 Å². The zero-order valence-electron chi connectivity index (χ0n) is 18.5. The van der Waals surface area contributed by atoms with E-state index in [2.05, 4.69) is 15.6 Å². The number of aromatic hydroxyl groups is 1. The van der Waals surface area contributed by atoms with Crippen LogP contribution in [-0.2, 0) is 4.79 Å². The first kappa shape index (κ1) is 22.7. The number of phenols is 1. The molecule has 3 N–H and O–H groups in total. The number of carbonyl (C=O) groups excluding carboxylic acids is 1. The van der Waals surface area contributed by atoms with Gasteiger partial charge < -0.3 is 15.7 Å². The van der Waals surface area contributed by atoms with Crippen LogP contribution in [0.2, 0.25) is 0 Å². The molecule has 4 aromatic carbocycles. The first-order valence-corrected chi connectivity index (χ1v) is 12.2. The molecule has 0 radical (unpaired) electrons. The third kappa shape index (κ3) is 5.06. The monoisotopic (exact) mass is 495 g/mol. The van der Waals surface area contributed by atoms with E-state index < -0.39 is 5.92 Å². The highest BCUT2D eigenvalue weighted by molar-refractivity contribution is 7.80. The lowest BCUT2D eigenvalue weighted by Crippen LogP contribution is -2.37. The molecule has 1 amide bonds. The quantitative estimate of drug-likeness (QED) is 0.249. The van der Waals surface area contributed by atoms with Gasteiger partial charge in [-0.3, -0.25) is 4.79 Å². The van der Waals surface area contributed by atoms with Gasteiger partial charge in [-0.25, -0.2) is 4.98 Å². The summed E-state index contributed by atoms with van der Waals surface area (Å²) >= 11 is 6.93. The van der Waals surface area contributed by atoms with Crippen molar-refractivity contribution in [2.75, 3.05) is 5.32 Å². The molecule has 7 heteroatoms. The molecule has 0 unspecified atom stereocenters. The minimum Gasteiger partial charge on any atom is -0.507 e. The Hall–Kier alpha value is -4.07. The summed E-state index contributed by atoms with van der Waals surface area (Å²) in [4.78, 5) is 17.8. The fraction of sp³-hybridized carbons (Fsp3) is 0.0357. The number of nitrogens with zero attached hydrogens (tertiary/aromatic N) is 1. The number of para-hydroxylation sites is 1. The van der Waals surface area contributed by atoms with Gasteiger partial charge in [-0.1, -0.05) is 72.8 Å². The molecule has 172 valence electrons. The minimum atomic E-state index is -0.507. The number of anilines is 1. The zero-order valence-corrected chi connectivity index (χ0v) is 20.1. The van der Waals surface area contributed by atoms with Gasteiger partial charge in [-0.05, 0) is 47.6 Å². The molecular formula is C28H21N3O2S2. The molecule has 0 saturated carbocycles. The first-order valence-electron chi connectivity index (χ1n) is 11.0. The summed E-state index contributed by atoms with van der Waals surface area (Å²) < 4.78 is 1.05. The number of rotatable bonds is 5. The number of benzene rings is 4. The smallest absolute Gasteiger partial charge is 0.238 e. The molecule has 1 heterocycles. The van der Waals surface area contributed by atoms with Crippen molar-refractivity contribution in [1.82, 2.24) is 10.3 Å². The predicted molar refractivity (Wildman–Crippen MR) is 146 cm³/mol. The largest absolute Gasteiger partial charge is 0.507 e. The maximum absolute atomic E-state index is 13.2. The van der Waals surface area contributed by atoms with Gasteiger partial charge in [-0.2, -0.15) is 0 Å². The van der Waals surface area contributed by atoms with Crippen LogP contribution in [0, 0.1) is 0 Å². The molecular weight excluding hydrogens is 474 g/mol. The van der Waals surface area contributed by atoms with E-state index in [1.54, 1.807) is 18.2 Å². The number of nitrogens with one attached hydrogen (secondary N) is 2. The Morgan fingerprint density at radius 1 is 0.857 bits per heavy atom. The Kier molecular flexibility index (Phi) is 6.52. The molecule has 5 aromatic rings. The zero-order chi connectivity index (χ0) is 24.2. The highest BCUT2D eigenvalue weighted by Crippen LogP contribution is 2.36. The van der Waals surface area contributed by atoms with Crippen LogP contribution in [0.5, 0.6) is 5.75 Å². The van der Waals surface area contributed by atoms with Gasteiger partial charge in [0.05, 0.1) is 21.7 Å². The van der Waals surface area contributed by atoms with Crippen LogP contribution < -0.4 is 10.6 Å². The molecule has 1 aromatic heterocycles. The molecule has 0 bridgehead atoms. The van der Waals surface area contributed by atoms with Crippen LogP contribution in [0.3, 0.4) is 0 Å². The van der Waals surface area contributed by atoms with E-state index in [-0.39, 0.29) is 16.8 Å². The molecule has 5 nitrogen and oxygen atoms in total. The number of amides is 1. The number of phenolic OH excluding ortho intramolecular Hbond substituents is 1. The second-order valence-electron chi connectivity index (χ2n) is 7.92. The molecule has 0 aliphatic heterocycles. The van der Waals surface area contributed by atoms with E-state index >= 15 is 0 Å². The number of hydrogen-bond acceptors (Lipinski definition) is 5. The van der Waals surface area contributed by atoms with Gasteiger partial charge in [0.15, 0.2) is 5.11 Å². The average Bonchev–Trinajstić information content (AvgIpc) is 3.29. The Morgan fingerprint density at radius 3 is 2.11 bits per heavy atom. The van der Waals surface area contributed by atoms with E-state index in [1.165, 1.54) is 11.3 Å². The Labute approximate surface area is 212 Å². The number of thiazole rings is 1. The minimum absolute atomic E-state index is 0.0784. The van der Waals surface area contributed by atoms with Crippen LogP contribution in [0.15, 0.2) is 103 Å². The molecule has 0 atom stereocenters. The Bertz CT molecular complexity index is 1430. The standard InChI is InChI=1S/C28H21N3O2S2/c32-23-17-20(15-16-21(23)27-30-22-13-7-8-14-24(22)35-27)29-28(34)31-26(33)25(18-9-3-1-4-10-18)19-11-5-2-6-12-19/h1-17,25,32H,(H2,29,31,33,34). The van der Waals surface area contributed by atoms with Crippen molar-refractivity contribution in [2.24, 2.45) is 0 Å². The first-order chi connectivity index (χ1) is 17.1. The van der Waals surface area contributed by atoms with Crippen LogP contribution >= 0.6 is 23.6 Å². The maximum atomic E-state index is 13.2. The molecule has 35 heavy (non-hydrogen) atoms. The van der Waals surface area contributed by atoms with Crippen molar-refractivity contribution in [3.05, 3.63) is 114 Å². The van der Waals surface area contributed by atoms with Gasteiger partial charge in [0.25, 0.3) is 0 Å². The van der Waals surface area contributed by atoms with Gasteiger partial charge in [0.1, 0.15) is 10.8 Å². The fourth-order valence-electron chi connectivity index (χ4n) is 3.91. The summed E-state index contributed by atoms with van der Waals surface area (Å²) in [5, 5.41) is 17.3. The lowest BCUT2D eigenvalue weighted by atomic mass is 9.90. The second-order valence-corrected chi connectivity index (χ2v) is 9.36. The number of fused-ring (bicyclic) bond motifs is 1. The predicted octanol–water partition coefficient (Wildman–Crippen LogP) is 6.31. The summed E-state index contributed by atoms with van der Waals surface area (Å²) in [5.74, 6) is -0.670. The summed E-state index contributed by atoms with van der Waals surface area (Å²) in [6, 6.07) is 32.2. The maximum Gasteiger partial charge on any atom is 0.238 e. The molecule has 0 aliphatic rings. The van der Waals surface area contributed by atoms with E-state index in [0.29, 0.717) is 11.3 Å². The normalized spacial score (nSPS) is 10.9. The van der Waals surface area contributed by atoms with Gasteiger partial charge in [-0.15, -0.1) is 11.3 Å². The highest BCUT2D eigenvalue weighted by atomic mass is 32.1. The molecule has 0 spiro atoms. The number of aromatic nitrogens is 1. The van der Waals surface area contributed by atoms with E-state index in [9.17, 15) is 9.90 Å². The Morgan fingerprint density at radius 2 is 1.49 bits per heavy atom. The molecule has 0 saturated heterocycles. The van der Waals surface area contributed by atoms with Crippen molar-refractivity contribution in [3.63, 3.8) is 0 Å². The summed E-state index contributed by atoms with van der Waals surface area (Å²) in [6.45, 7) is 0. The van der Waals surface area contributed by atoms with E-state index in [0.717, 1.165) is 26.4 Å². The average molecular weight is 496 g/mol. The summed E-state index contributed by atoms with van der Waals surface area (Å²) in [5.41, 5.74) is 3.84. The van der Waals surface area contributed by atoms with Crippen LogP contribution in [0.1, 0.15) is 17.0 Å². The lowest BCUT2D eigenvalue weighted by Gasteiger charge is -2.19. The lowest BCUT2D eigenvalue weighted by molar-refractivity contribution is -0.120. The van der Waals surface area contributed by atoms with Gasteiger partial charge >= 0.3 is 0 Å². The van der Waals surface area contributed by atoms with Gasteiger partial charge in [0.2, 0.25) is 5.91 Å². The van der Waals surface area contributed by atoms with Gasteiger partial charge in [0, 0.05) is 11.8 Å². The molecule has 0 aliphatic carbocycles. The van der Waals surface area contributed by atoms with Crippen molar-refractivity contribution in [1.29, 1.82) is 0 Å². The van der Waals surface area contributed by atoms with Crippen molar-refractivity contribution in [3.8, 4) is 16.3 Å². The Balaban J connectivity index is 1.32. The summed E-state index contributed by atoms with van der Waals surface area (Å²) in [7, 11) is 0. The van der Waals surface area contributed by atoms with Crippen LogP contribution in [-0.4, -0.2) is 21.1 Å². The van der Waals surface area contributed by atoms with Crippen molar-refractivity contribution < 1.29 is 9.90 Å². The van der Waals surface area contributed by atoms with E-state index in [1.807, 2.05) is 84.9 Å². The van der Waals surface area contributed by atoms with Crippen LogP contribution in [0.25, 0.3) is 20.8 Å². The number of carbonyl (C=O) groups is 1. The summed E-state index contributed by atoms with van der Waals surface area (Å²) in [6.07, 6.45) is 0. The van der Waals surface area contributed by atoms with E-state index in [4.69, 9.17) is 12.2 Å². The van der Waals surface area contributed by atoms with Crippen molar-refractivity contribution >= 4 is 50.5 Å². The number of thiocarbonyl (C=S) groups is 1. The number of hydrogen-bond donors (Lipinski definition) is 3. The molecule has 5 rings (SSSR count). The SMILES string of the molecule is O=C(NC(=S)Nc1ccc(-c2nc3ccccc3s2)c(O)c1)C(c1ccccc1)c1ccccc1. The fourth-order valence-corrected chi connectivity index (χ4v) is 5.13. The molecule has 0 fully saturated rings. The highest BCUT2D eigenvalue weighted by Gasteiger charge is 2.23. The van der Waals surface area contributed by atoms with Crippen LogP contribution in [0.4, 0.5) is 5.69 Å².